The Labute approximate surface area is 141 Å². The van der Waals surface area contributed by atoms with Crippen LogP contribution < -0.4 is 16.0 Å². The number of anilines is 2. The fourth-order valence-corrected chi connectivity index (χ4v) is 2.20. The summed E-state index contributed by atoms with van der Waals surface area (Å²) in [5.41, 5.74) is 2.10. The van der Waals surface area contributed by atoms with E-state index in [-0.39, 0.29) is 17.8 Å². The van der Waals surface area contributed by atoms with Gasteiger partial charge in [0.2, 0.25) is 0 Å². The van der Waals surface area contributed by atoms with Gasteiger partial charge in [-0.3, -0.25) is 9.78 Å². The third-order valence-corrected chi connectivity index (χ3v) is 3.58. The quantitative estimate of drug-likeness (QED) is 0.806. The average Bonchev–Trinajstić information content (AvgIpc) is 2.56. The van der Waals surface area contributed by atoms with Crippen LogP contribution >= 0.6 is 0 Å². The Kier molecular flexibility index (Phi) is 6.26. The number of amides is 1. The number of halogens is 1. The molecule has 3 rings (SSSR count). The van der Waals surface area contributed by atoms with E-state index < -0.39 is 0 Å². The molecule has 5 nitrogen and oxygen atoms in total. The summed E-state index contributed by atoms with van der Waals surface area (Å²) in [5, 5.41) is 8.96. The molecule has 1 aromatic carbocycles. The Morgan fingerprint density at radius 2 is 2.00 bits per heavy atom. The predicted octanol–water partition coefficient (Wildman–Crippen LogP) is 3.00. The number of benzene rings is 1. The molecule has 1 fully saturated rings. The van der Waals surface area contributed by atoms with Gasteiger partial charge in [0.1, 0.15) is 5.82 Å². The first-order chi connectivity index (χ1) is 11.6. The SMILES string of the molecule is CC.Cc1ccc(Nc2ccncc2C(=O)NC2CNC2)c(F)c1. The van der Waals surface area contributed by atoms with E-state index in [0.29, 0.717) is 16.9 Å². The van der Waals surface area contributed by atoms with Crippen molar-refractivity contribution in [3.63, 3.8) is 0 Å². The summed E-state index contributed by atoms with van der Waals surface area (Å²) in [4.78, 5) is 16.3. The maximum atomic E-state index is 14.0. The van der Waals surface area contributed by atoms with Crippen molar-refractivity contribution in [1.29, 1.82) is 0 Å². The molecule has 2 aromatic rings. The zero-order valence-electron chi connectivity index (χ0n) is 14.2. The van der Waals surface area contributed by atoms with Crippen LogP contribution in [-0.2, 0) is 0 Å². The molecule has 1 amide bonds. The van der Waals surface area contributed by atoms with Crippen molar-refractivity contribution in [3.8, 4) is 0 Å². The molecule has 128 valence electrons. The number of rotatable bonds is 4. The molecule has 0 saturated carbocycles. The van der Waals surface area contributed by atoms with Crippen LogP contribution in [0.2, 0.25) is 0 Å². The van der Waals surface area contributed by atoms with Crippen molar-refractivity contribution in [2.75, 3.05) is 18.4 Å². The normalized spacial score (nSPS) is 13.3. The number of nitrogens with one attached hydrogen (secondary N) is 3. The molecule has 0 spiro atoms. The van der Waals surface area contributed by atoms with Gasteiger partial charge in [-0.1, -0.05) is 19.9 Å². The molecular weight excluding hydrogens is 307 g/mol. The lowest BCUT2D eigenvalue weighted by molar-refractivity contribution is 0.0924. The summed E-state index contributed by atoms with van der Waals surface area (Å²) in [5.74, 6) is -0.569. The highest BCUT2D eigenvalue weighted by atomic mass is 19.1. The maximum Gasteiger partial charge on any atom is 0.255 e. The van der Waals surface area contributed by atoms with Crippen LogP contribution in [0.1, 0.15) is 29.8 Å². The van der Waals surface area contributed by atoms with E-state index in [9.17, 15) is 9.18 Å². The first-order valence-electron chi connectivity index (χ1n) is 8.12. The molecule has 1 aliphatic heterocycles. The monoisotopic (exact) mass is 330 g/mol. The summed E-state index contributed by atoms with van der Waals surface area (Å²) in [6, 6.07) is 6.71. The lowest BCUT2D eigenvalue weighted by Gasteiger charge is -2.28. The number of carbonyl (C=O) groups is 1. The van der Waals surface area contributed by atoms with Crippen LogP contribution in [0.4, 0.5) is 15.8 Å². The van der Waals surface area contributed by atoms with E-state index in [4.69, 9.17) is 0 Å². The van der Waals surface area contributed by atoms with Gasteiger partial charge in [-0.15, -0.1) is 0 Å². The molecule has 1 saturated heterocycles. The van der Waals surface area contributed by atoms with E-state index >= 15 is 0 Å². The van der Waals surface area contributed by atoms with E-state index in [1.54, 1.807) is 18.3 Å². The molecule has 24 heavy (non-hydrogen) atoms. The smallest absolute Gasteiger partial charge is 0.255 e. The van der Waals surface area contributed by atoms with Crippen molar-refractivity contribution < 1.29 is 9.18 Å². The molecule has 0 unspecified atom stereocenters. The topological polar surface area (TPSA) is 66.0 Å². The van der Waals surface area contributed by atoms with E-state index in [2.05, 4.69) is 20.9 Å². The van der Waals surface area contributed by atoms with Crippen LogP contribution in [0.3, 0.4) is 0 Å². The van der Waals surface area contributed by atoms with E-state index in [0.717, 1.165) is 18.7 Å². The third kappa shape index (κ3) is 4.29. The molecule has 0 aliphatic carbocycles. The van der Waals surface area contributed by atoms with Crippen LogP contribution in [-0.4, -0.2) is 30.0 Å². The van der Waals surface area contributed by atoms with Gasteiger partial charge in [-0.25, -0.2) is 4.39 Å². The van der Waals surface area contributed by atoms with Gasteiger partial charge in [0, 0.05) is 25.5 Å². The zero-order valence-corrected chi connectivity index (χ0v) is 14.2. The van der Waals surface area contributed by atoms with E-state index in [1.165, 1.54) is 12.3 Å². The van der Waals surface area contributed by atoms with Gasteiger partial charge in [0.15, 0.2) is 0 Å². The lowest BCUT2D eigenvalue weighted by Crippen LogP contribution is -2.57. The maximum absolute atomic E-state index is 14.0. The third-order valence-electron chi connectivity index (χ3n) is 3.58. The molecule has 2 heterocycles. The van der Waals surface area contributed by atoms with Crippen LogP contribution in [0.15, 0.2) is 36.7 Å². The molecule has 0 bridgehead atoms. The molecule has 1 aliphatic rings. The zero-order chi connectivity index (χ0) is 17.5. The number of nitrogens with zero attached hydrogens (tertiary/aromatic N) is 1. The van der Waals surface area contributed by atoms with Crippen LogP contribution in [0.5, 0.6) is 0 Å². The second-order valence-corrected chi connectivity index (χ2v) is 5.36. The minimum atomic E-state index is -0.355. The van der Waals surface area contributed by atoms with Crippen molar-refractivity contribution in [2.45, 2.75) is 26.8 Å². The number of aromatic nitrogens is 1. The molecule has 0 atom stereocenters. The molecule has 6 heteroatoms. The Hall–Kier alpha value is -2.47. The van der Waals surface area contributed by atoms with Gasteiger partial charge < -0.3 is 16.0 Å². The predicted molar refractivity (Wildman–Crippen MR) is 94.1 cm³/mol. The number of aryl methyl sites for hydroxylation is 1. The number of pyridine rings is 1. The second kappa shape index (κ2) is 8.40. The number of carbonyl (C=O) groups excluding carboxylic acids is 1. The number of hydrogen-bond donors (Lipinski definition) is 3. The van der Waals surface area contributed by atoms with Crippen molar-refractivity contribution in [2.24, 2.45) is 0 Å². The minimum absolute atomic E-state index is 0.136. The van der Waals surface area contributed by atoms with Crippen LogP contribution in [0.25, 0.3) is 0 Å². The van der Waals surface area contributed by atoms with E-state index in [1.807, 2.05) is 26.8 Å². The summed E-state index contributed by atoms with van der Waals surface area (Å²) in [6.07, 6.45) is 3.05. The summed E-state index contributed by atoms with van der Waals surface area (Å²) in [7, 11) is 0. The van der Waals surface area contributed by atoms with Crippen molar-refractivity contribution in [3.05, 3.63) is 53.6 Å². The first-order valence-corrected chi connectivity index (χ1v) is 8.12. The summed E-state index contributed by atoms with van der Waals surface area (Å²) < 4.78 is 14.0. The van der Waals surface area contributed by atoms with Gasteiger partial charge >= 0.3 is 0 Å². The lowest BCUT2D eigenvalue weighted by atomic mass is 10.1. The largest absolute Gasteiger partial charge is 0.352 e. The first kappa shape index (κ1) is 17.9. The Bertz CT molecular complexity index is 701. The molecule has 3 N–H and O–H groups in total. The Morgan fingerprint density at radius 3 is 2.62 bits per heavy atom. The second-order valence-electron chi connectivity index (χ2n) is 5.36. The number of hydrogen-bond acceptors (Lipinski definition) is 4. The fraction of sp³-hybridized carbons (Fsp3) is 0.333. The van der Waals surface area contributed by atoms with Gasteiger partial charge in [0.05, 0.1) is 23.0 Å². The average molecular weight is 330 g/mol. The minimum Gasteiger partial charge on any atom is -0.352 e. The molecular formula is C18H23FN4O. The van der Waals surface area contributed by atoms with Crippen molar-refractivity contribution >= 4 is 17.3 Å². The summed E-state index contributed by atoms with van der Waals surface area (Å²) >= 11 is 0. The van der Waals surface area contributed by atoms with Gasteiger partial charge in [-0.2, -0.15) is 0 Å². The molecule has 1 aromatic heterocycles. The fourth-order valence-electron chi connectivity index (χ4n) is 2.20. The van der Waals surface area contributed by atoms with Gasteiger partial charge in [-0.05, 0) is 30.7 Å². The van der Waals surface area contributed by atoms with Crippen molar-refractivity contribution in [1.82, 2.24) is 15.6 Å². The highest BCUT2D eigenvalue weighted by Crippen LogP contribution is 2.23. The highest BCUT2D eigenvalue weighted by Gasteiger charge is 2.21. The highest BCUT2D eigenvalue weighted by molar-refractivity contribution is 6.00. The Morgan fingerprint density at radius 1 is 1.25 bits per heavy atom. The van der Waals surface area contributed by atoms with Gasteiger partial charge in [0.25, 0.3) is 5.91 Å². The molecule has 0 radical (unpaired) electrons. The van der Waals surface area contributed by atoms with Crippen LogP contribution in [0, 0.1) is 12.7 Å². The standard InChI is InChI=1S/C16H17FN4O.C2H6/c1-10-2-3-15(13(17)6-10)21-14-4-5-18-9-12(14)16(22)20-11-7-19-8-11;1-2/h2-6,9,11,19H,7-8H2,1H3,(H,18,21)(H,20,22);1-2H3. The Balaban J connectivity index is 0.00000100. The summed E-state index contributed by atoms with van der Waals surface area (Å²) in [6.45, 7) is 7.35.